The fourth-order valence-corrected chi connectivity index (χ4v) is 4.20. The van der Waals surface area contributed by atoms with Crippen molar-refractivity contribution in [3.05, 3.63) is 88.4 Å². The van der Waals surface area contributed by atoms with Crippen molar-refractivity contribution < 1.29 is 14.2 Å². The fourth-order valence-electron chi connectivity index (χ4n) is 4.07. The van der Waals surface area contributed by atoms with Crippen molar-refractivity contribution >= 4 is 17.3 Å². The van der Waals surface area contributed by atoms with Crippen LogP contribution in [0, 0.1) is 0 Å². The number of methoxy groups -OCH3 is 2. The lowest BCUT2D eigenvalue weighted by Gasteiger charge is -2.38. The molecule has 2 aliphatic heterocycles. The number of ether oxygens (including phenoxy) is 3. The van der Waals surface area contributed by atoms with Gasteiger partial charge in [0.2, 0.25) is 6.23 Å². The van der Waals surface area contributed by atoms with Crippen LogP contribution in [0.15, 0.2) is 71.8 Å². The summed E-state index contributed by atoms with van der Waals surface area (Å²) in [4.78, 5) is 0. The minimum atomic E-state index is -0.320. The van der Waals surface area contributed by atoms with E-state index in [4.69, 9.17) is 30.9 Å². The van der Waals surface area contributed by atoms with Gasteiger partial charge in [0.1, 0.15) is 5.75 Å². The quantitative estimate of drug-likeness (QED) is 0.551. The zero-order valence-electron chi connectivity index (χ0n) is 16.7. The predicted octanol–water partition coefficient (Wildman–Crippen LogP) is 5.60. The van der Waals surface area contributed by atoms with Gasteiger partial charge >= 0.3 is 0 Å². The Labute approximate surface area is 180 Å². The summed E-state index contributed by atoms with van der Waals surface area (Å²) < 4.78 is 17.2. The fraction of sp³-hybridized carbons (Fsp3) is 0.208. The van der Waals surface area contributed by atoms with E-state index in [-0.39, 0.29) is 12.3 Å². The van der Waals surface area contributed by atoms with E-state index in [0.29, 0.717) is 16.5 Å². The summed E-state index contributed by atoms with van der Waals surface area (Å²) in [6, 6.07) is 21.9. The molecule has 0 aliphatic carbocycles. The Morgan fingerprint density at radius 1 is 0.967 bits per heavy atom. The van der Waals surface area contributed by atoms with Gasteiger partial charge in [-0.25, -0.2) is 5.01 Å². The maximum atomic E-state index is 6.37. The van der Waals surface area contributed by atoms with E-state index in [9.17, 15) is 0 Å². The van der Waals surface area contributed by atoms with Crippen LogP contribution in [0.1, 0.15) is 35.4 Å². The van der Waals surface area contributed by atoms with E-state index in [0.717, 1.165) is 34.6 Å². The highest BCUT2D eigenvalue weighted by atomic mass is 35.5. The lowest BCUT2D eigenvalue weighted by Crippen LogP contribution is -2.33. The van der Waals surface area contributed by atoms with Crippen LogP contribution in [0.5, 0.6) is 17.2 Å². The number of benzene rings is 3. The van der Waals surface area contributed by atoms with Crippen molar-refractivity contribution in [1.29, 1.82) is 0 Å². The molecule has 0 spiro atoms. The summed E-state index contributed by atoms with van der Waals surface area (Å²) in [7, 11) is 3.28. The molecular formula is C24H21ClN2O3. The second-order valence-electron chi connectivity index (χ2n) is 7.28. The van der Waals surface area contributed by atoms with Crippen LogP contribution in [-0.2, 0) is 0 Å². The maximum Gasteiger partial charge on any atom is 0.213 e. The lowest BCUT2D eigenvalue weighted by molar-refractivity contribution is -0.0190. The Kier molecular flexibility index (Phi) is 4.75. The van der Waals surface area contributed by atoms with Crippen LogP contribution < -0.4 is 14.2 Å². The molecule has 5 rings (SSSR count). The molecule has 0 fully saturated rings. The Morgan fingerprint density at radius 3 is 2.50 bits per heavy atom. The van der Waals surface area contributed by atoms with Gasteiger partial charge in [-0.15, -0.1) is 0 Å². The molecule has 0 saturated carbocycles. The van der Waals surface area contributed by atoms with E-state index in [2.05, 4.69) is 11.1 Å². The molecule has 0 amide bonds. The topological polar surface area (TPSA) is 43.3 Å². The Bertz CT molecular complexity index is 1110. The van der Waals surface area contributed by atoms with Gasteiger partial charge in [-0.1, -0.05) is 41.9 Å². The smallest absolute Gasteiger partial charge is 0.213 e. The molecule has 2 atom stereocenters. The molecule has 0 N–H and O–H groups in total. The highest BCUT2D eigenvalue weighted by molar-refractivity contribution is 6.30. The summed E-state index contributed by atoms with van der Waals surface area (Å²) in [5.74, 6) is 2.28. The Hall–Kier alpha value is -3.18. The van der Waals surface area contributed by atoms with Gasteiger partial charge in [-0.2, -0.15) is 5.10 Å². The summed E-state index contributed by atoms with van der Waals surface area (Å²) in [6.45, 7) is 0. The molecule has 5 nitrogen and oxygen atoms in total. The van der Waals surface area contributed by atoms with Crippen molar-refractivity contribution in [2.24, 2.45) is 5.10 Å². The molecule has 0 radical (unpaired) electrons. The number of rotatable bonds is 4. The van der Waals surface area contributed by atoms with Gasteiger partial charge in [0, 0.05) is 28.1 Å². The number of hydrogen-bond donors (Lipinski definition) is 0. The van der Waals surface area contributed by atoms with Gasteiger partial charge in [-0.3, -0.25) is 0 Å². The molecule has 0 saturated heterocycles. The lowest BCUT2D eigenvalue weighted by atomic mass is 9.96. The average molecular weight is 421 g/mol. The zero-order chi connectivity index (χ0) is 20.7. The first-order valence-corrected chi connectivity index (χ1v) is 10.1. The van der Waals surface area contributed by atoms with Gasteiger partial charge in [0.25, 0.3) is 0 Å². The van der Waals surface area contributed by atoms with Crippen molar-refractivity contribution in [1.82, 2.24) is 5.01 Å². The van der Waals surface area contributed by atoms with Gasteiger partial charge in [0.05, 0.1) is 26.0 Å². The van der Waals surface area contributed by atoms with Crippen LogP contribution in [0.25, 0.3) is 0 Å². The molecule has 0 unspecified atom stereocenters. The first-order valence-electron chi connectivity index (χ1n) is 9.77. The third-order valence-corrected chi connectivity index (χ3v) is 5.82. The molecule has 0 aromatic heterocycles. The standard InChI is InChI=1S/C24H21ClN2O3/c1-28-22-12-9-16(13-23(22)29-2)19-14-20-18-5-3-4-6-21(18)30-24(27(20)26-19)15-7-10-17(25)11-8-15/h3-13,20,24H,14H2,1-2H3/t20-,24-/m0/s1. The molecular weight excluding hydrogens is 400 g/mol. The largest absolute Gasteiger partial charge is 0.493 e. The first kappa shape index (κ1) is 18.8. The normalized spacial score (nSPS) is 19.4. The number of hydrazone groups is 1. The predicted molar refractivity (Wildman–Crippen MR) is 117 cm³/mol. The summed E-state index contributed by atoms with van der Waals surface area (Å²) in [5, 5.41) is 7.74. The Morgan fingerprint density at radius 2 is 1.73 bits per heavy atom. The van der Waals surface area contributed by atoms with E-state index in [1.165, 1.54) is 0 Å². The molecule has 30 heavy (non-hydrogen) atoms. The number of fused-ring (bicyclic) bond motifs is 3. The van der Waals surface area contributed by atoms with Crippen molar-refractivity contribution in [3.63, 3.8) is 0 Å². The minimum Gasteiger partial charge on any atom is -0.493 e. The van der Waals surface area contributed by atoms with E-state index in [1.54, 1.807) is 14.2 Å². The second kappa shape index (κ2) is 7.58. The van der Waals surface area contributed by atoms with Crippen molar-refractivity contribution in [3.8, 4) is 17.2 Å². The van der Waals surface area contributed by atoms with E-state index >= 15 is 0 Å². The summed E-state index contributed by atoms with van der Waals surface area (Å²) >= 11 is 6.10. The molecule has 152 valence electrons. The van der Waals surface area contributed by atoms with Crippen LogP contribution in [0.3, 0.4) is 0 Å². The summed E-state index contributed by atoms with van der Waals surface area (Å²) in [6.07, 6.45) is 0.458. The molecule has 6 heteroatoms. The highest BCUT2D eigenvalue weighted by Crippen LogP contribution is 2.47. The first-order chi connectivity index (χ1) is 14.7. The number of para-hydroxylation sites is 1. The van der Waals surface area contributed by atoms with Crippen LogP contribution >= 0.6 is 11.6 Å². The van der Waals surface area contributed by atoms with Gasteiger partial charge in [-0.05, 0) is 36.4 Å². The van der Waals surface area contributed by atoms with E-state index in [1.807, 2.05) is 60.7 Å². The van der Waals surface area contributed by atoms with Gasteiger partial charge < -0.3 is 14.2 Å². The van der Waals surface area contributed by atoms with Gasteiger partial charge in [0.15, 0.2) is 11.5 Å². The molecule has 3 aromatic carbocycles. The van der Waals surface area contributed by atoms with Crippen LogP contribution in [0.2, 0.25) is 5.02 Å². The summed E-state index contributed by atoms with van der Waals surface area (Å²) in [5.41, 5.74) is 4.15. The molecule has 3 aromatic rings. The molecule has 2 aliphatic rings. The number of hydrogen-bond acceptors (Lipinski definition) is 5. The second-order valence-corrected chi connectivity index (χ2v) is 7.71. The SMILES string of the molecule is COc1ccc(C2=NN3[C@@H](C2)c2ccccc2O[C@H]3c2ccc(Cl)cc2)cc1OC. The van der Waals surface area contributed by atoms with Crippen LogP contribution in [0.4, 0.5) is 0 Å². The third kappa shape index (κ3) is 3.15. The highest BCUT2D eigenvalue weighted by Gasteiger charge is 2.40. The van der Waals surface area contributed by atoms with Crippen LogP contribution in [-0.4, -0.2) is 24.9 Å². The molecule has 2 heterocycles. The zero-order valence-corrected chi connectivity index (χ0v) is 17.5. The average Bonchev–Trinajstić information content (AvgIpc) is 3.24. The van der Waals surface area contributed by atoms with Crippen molar-refractivity contribution in [2.45, 2.75) is 18.7 Å². The Balaban J connectivity index is 1.57. The minimum absolute atomic E-state index is 0.0960. The third-order valence-electron chi connectivity index (χ3n) is 5.57. The number of halogens is 1. The maximum absolute atomic E-state index is 6.37. The number of nitrogens with zero attached hydrogens (tertiary/aromatic N) is 2. The monoisotopic (exact) mass is 420 g/mol. The van der Waals surface area contributed by atoms with Crippen molar-refractivity contribution in [2.75, 3.05) is 14.2 Å². The molecule has 0 bridgehead atoms. The van der Waals surface area contributed by atoms with E-state index < -0.39 is 0 Å².